The van der Waals surface area contributed by atoms with E-state index in [1.165, 1.54) is 12.1 Å². The molecule has 8 nitrogen and oxygen atoms in total. The molecule has 1 saturated heterocycles. The number of amides is 1. The van der Waals surface area contributed by atoms with Crippen LogP contribution in [0.4, 0.5) is 18.9 Å². The SMILES string of the molecule is Cc1ccc(C(=O)Nc2ccc(CCCN3CCCC3)c(C(F)(F)F)c2)cc1-n1cc(-c2cnn(C)c2C)nn1. The molecule has 2 aromatic carbocycles. The Hall–Kier alpha value is -3.99. The zero-order valence-electron chi connectivity index (χ0n) is 22.8. The molecule has 11 heteroatoms. The van der Waals surface area contributed by atoms with Gasteiger partial charge in [-0.1, -0.05) is 17.3 Å². The number of likely N-dealkylation sites (tertiary alicyclic amines) is 1. The van der Waals surface area contributed by atoms with Crippen LogP contribution >= 0.6 is 0 Å². The maximum atomic E-state index is 13.9. The molecule has 0 aliphatic carbocycles. The second kappa shape index (κ2) is 11.2. The lowest BCUT2D eigenvalue weighted by molar-refractivity contribution is -0.138. The molecule has 0 atom stereocenters. The number of anilines is 1. The topological polar surface area (TPSA) is 80.9 Å². The highest BCUT2D eigenvalue weighted by molar-refractivity contribution is 6.04. The minimum atomic E-state index is -4.52. The molecule has 210 valence electrons. The molecule has 0 saturated carbocycles. The zero-order chi connectivity index (χ0) is 28.4. The molecule has 1 N–H and O–H groups in total. The summed E-state index contributed by atoms with van der Waals surface area (Å²) in [4.78, 5) is 15.4. The number of halogens is 3. The third kappa shape index (κ3) is 5.94. The smallest absolute Gasteiger partial charge is 0.322 e. The van der Waals surface area contributed by atoms with E-state index in [9.17, 15) is 18.0 Å². The monoisotopic (exact) mass is 551 g/mol. The van der Waals surface area contributed by atoms with Gasteiger partial charge in [-0.15, -0.1) is 5.10 Å². The molecule has 5 rings (SSSR count). The maximum absolute atomic E-state index is 13.9. The van der Waals surface area contributed by atoms with Crippen LogP contribution in [0.5, 0.6) is 0 Å². The molecule has 2 aromatic heterocycles. The third-order valence-electron chi connectivity index (χ3n) is 7.52. The van der Waals surface area contributed by atoms with Crippen LogP contribution in [-0.2, 0) is 19.6 Å². The van der Waals surface area contributed by atoms with Gasteiger partial charge in [0.25, 0.3) is 5.91 Å². The lowest BCUT2D eigenvalue weighted by Gasteiger charge is -2.17. The fourth-order valence-electron chi connectivity index (χ4n) is 5.09. The van der Waals surface area contributed by atoms with Crippen LogP contribution in [0, 0.1) is 13.8 Å². The number of rotatable bonds is 8. The number of carbonyl (C=O) groups excluding carboxylic acids is 1. The van der Waals surface area contributed by atoms with Crippen molar-refractivity contribution >= 4 is 11.6 Å². The number of nitrogens with one attached hydrogen (secondary N) is 1. The number of hydrogen-bond acceptors (Lipinski definition) is 5. The first-order valence-electron chi connectivity index (χ1n) is 13.4. The van der Waals surface area contributed by atoms with E-state index < -0.39 is 17.6 Å². The Labute approximate surface area is 230 Å². The van der Waals surface area contributed by atoms with Crippen molar-refractivity contribution < 1.29 is 18.0 Å². The van der Waals surface area contributed by atoms with E-state index in [2.05, 4.69) is 25.6 Å². The summed E-state index contributed by atoms with van der Waals surface area (Å²) in [7, 11) is 1.84. The Morgan fingerprint density at radius 2 is 1.85 bits per heavy atom. The van der Waals surface area contributed by atoms with Gasteiger partial charge >= 0.3 is 6.18 Å². The van der Waals surface area contributed by atoms with Gasteiger partial charge in [-0.05, 0) is 94.6 Å². The molecule has 1 fully saturated rings. The lowest BCUT2D eigenvalue weighted by atomic mass is 10.0. The molecule has 0 bridgehead atoms. The van der Waals surface area contributed by atoms with Crippen molar-refractivity contribution in [1.82, 2.24) is 29.7 Å². The summed E-state index contributed by atoms with van der Waals surface area (Å²) in [5.41, 5.74) is 3.83. The predicted molar refractivity (Wildman–Crippen MR) is 146 cm³/mol. The number of alkyl halides is 3. The van der Waals surface area contributed by atoms with Gasteiger partial charge in [0, 0.05) is 29.6 Å². The van der Waals surface area contributed by atoms with Crippen molar-refractivity contribution in [1.29, 1.82) is 0 Å². The highest BCUT2D eigenvalue weighted by Gasteiger charge is 2.33. The van der Waals surface area contributed by atoms with Crippen molar-refractivity contribution in [2.45, 2.75) is 45.7 Å². The van der Waals surface area contributed by atoms with Crippen LogP contribution in [0.25, 0.3) is 16.9 Å². The van der Waals surface area contributed by atoms with Crippen LogP contribution in [-0.4, -0.2) is 55.2 Å². The minimum Gasteiger partial charge on any atom is -0.322 e. The van der Waals surface area contributed by atoms with Crippen molar-refractivity contribution in [3.05, 3.63) is 76.7 Å². The highest BCUT2D eigenvalue weighted by Crippen LogP contribution is 2.35. The highest BCUT2D eigenvalue weighted by atomic mass is 19.4. The van der Waals surface area contributed by atoms with Crippen LogP contribution in [0.2, 0.25) is 0 Å². The van der Waals surface area contributed by atoms with Gasteiger partial charge in [-0.3, -0.25) is 9.48 Å². The molecule has 0 radical (unpaired) electrons. The van der Waals surface area contributed by atoms with Crippen LogP contribution in [0.15, 0.2) is 48.8 Å². The Kier molecular flexibility index (Phi) is 7.75. The fraction of sp³-hybridized carbons (Fsp3) is 0.379. The average Bonchev–Trinajstić information content (AvgIpc) is 3.67. The van der Waals surface area contributed by atoms with E-state index in [0.717, 1.165) is 55.4 Å². The summed E-state index contributed by atoms with van der Waals surface area (Å²) in [6, 6.07) is 9.09. The first kappa shape index (κ1) is 27.6. The minimum absolute atomic E-state index is 0.0952. The molecule has 4 aromatic rings. The molecule has 40 heavy (non-hydrogen) atoms. The fourth-order valence-corrected chi connectivity index (χ4v) is 5.09. The van der Waals surface area contributed by atoms with Gasteiger partial charge in [0.2, 0.25) is 0 Å². The van der Waals surface area contributed by atoms with Crippen molar-refractivity contribution in [2.75, 3.05) is 25.0 Å². The number of benzene rings is 2. The van der Waals surface area contributed by atoms with Gasteiger partial charge in [0.1, 0.15) is 5.69 Å². The Morgan fingerprint density at radius 3 is 2.55 bits per heavy atom. The second-order valence-electron chi connectivity index (χ2n) is 10.3. The molecular weight excluding hydrogens is 519 g/mol. The van der Waals surface area contributed by atoms with Crippen molar-refractivity contribution in [3.8, 4) is 16.9 Å². The van der Waals surface area contributed by atoms with E-state index in [-0.39, 0.29) is 11.3 Å². The van der Waals surface area contributed by atoms with Crippen molar-refractivity contribution in [3.63, 3.8) is 0 Å². The van der Waals surface area contributed by atoms with Gasteiger partial charge < -0.3 is 10.2 Å². The first-order valence-corrected chi connectivity index (χ1v) is 13.4. The van der Waals surface area contributed by atoms with E-state index in [4.69, 9.17) is 0 Å². The van der Waals surface area contributed by atoms with Crippen LogP contribution in [0.3, 0.4) is 0 Å². The predicted octanol–water partition coefficient (Wildman–Crippen LogP) is 5.58. The van der Waals surface area contributed by atoms with Gasteiger partial charge in [-0.2, -0.15) is 18.3 Å². The van der Waals surface area contributed by atoms with Gasteiger partial charge in [-0.25, -0.2) is 4.68 Å². The summed E-state index contributed by atoms with van der Waals surface area (Å²) in [5, 5.41) is 15.4. The molecule has 1 amide bonds. The normalized spacial score (nSPS) is 14.2. The Balaban J connectivity index is 1.33. The van der Waals surface area contributed by atoms with E-state index in [1.807, 2.05) is 20.9 Å². The maximum Gasteiger partial charge on any atom is 0.416 e. The molecule has 0 spiro atoms. The van der Waals surface area contributed by atoms with E-state index >= 15 is 0 Å². The summed E-state index contributed by atoms with van der Waals surface area (Å²) < 4.78 is 45.0. The number of hydrogen-bond donors (Lipinski definition) is 1. The quantitative estimate of drug-likeness (QED) is 0.309. The van der Waals surface area contributed by atoms with Gasteiger partial charge in [0.15, 0.2) is 0 Å². The molecule has 0 unspecified atom stereocenters. The molecule has 1 aliphatic rings. The zero-order valence-corrected chi connectivity index (χ0v) is 22.8. The van der Waals surface area contributed by atoms with Gasteiger partial charge in [0.05, 0.1) is 23.6 Å². The third-order valence-corrected chi connectivity index (χ3v) is 7.52. The molecule has 3 heterocycles. The standard InChI is InChI=1S/C29H32F3N7O/c1-19-8-9-22(15-27(19)39-18-26(35-36-39)24-17-33-37(3)20(24)2)28(40)34-23-11-10-21(25(16-23)29(30,31)32)7-6-14-38-12-4-5-13-38/h8-11,15-18H,4-7,12-14H2,1-3H3,(H,34,40). The summed E-state index contributed by atoms with van der Waals surface area (Å²) >= 11 is 0. The summed E-state index contributed by atoms with van der Waals surface area (Å²) in [6.45, 7) is 6.63. The number of nitrogens with zero attached hydrogens (tertiary/aromatic N) is 6. The van der Waals surface area contributed by atoms with Crippen molar-refractivity contribution in [2.24, 2.45) is 7.05 Å². The Bertz CT molecular complexity index is 1520. The van der Waals surface area contributed by atoms with Crippen LogP contribution in [0.1, 0.15) is 52.0 Å². The van der Waals surface area contributed by atoms with E-state index in [1.54, 1.807) is 40.0 Å². The average molecular weight is 552 g/mol. The second-order valence-corrected chi connectivity index (χ2v) is 10.3. The van der Waals surface area contributed by atoms with Crippen LogP contribution < -0.4 is 5.32 Å². The summed E-state index contributed by atoms with van der Waals surface area (Å²) in [6.07, 6.45) is 2.24. The Morgan fingerprint density at radius 1 is 1.07 bits per heavy atom. The molecular formula is C29H32F3N7O. The number of carbonyl (C=O) groups is 1. The first-order chi connectivity index (χ1) is 19.1. The number of aryl methyl sites for hydroxylation is 3. The summed E-state index contributed by atoms with van der Waals surface area (Å²) in [5.74, 6) is -0.514. The van der Waals surface area contributed by atoms with E-state index in [0.29, 0.717) is 29.8 Å². The number of aromatic nitrogens is 5. The molecule has 1 aliphatic heterocycles. The lowest BCUT2D eigenvalue weighted by Crippen LogP contribution is -2.21. The largest absolute Gasteiger partial charge is 0.416 e.